The molecule has 3 rings (SSSR count). The number of rotatable bonds is 4. The van der Waals surface area contributed by atoms with Crippen LogP contribution in [0.4, 0.5) is 0 Å². The molecule has 0 aliphatic heterocycles. The molecule has 2 aromatic carbocycles. The summed E-state index contributed by atoms with van der Waals surface area (Å²) in [5.41, 5.74) is 0.655. The van der Waals surface area contributed by atoms with E-state index < -0.39 is 5.97 Å². The van der Waals surface area contributed by atoms with Gasteiger partial charge in [0.15, 0.2) is 5.82 Å². The van der Waals surface area contributed by atoms with Crippen LogP contribution in [0.25, 0.3) is 10.9 Å². The van der Waals surface area contributed by atoms with Gasteiger partial charge in [0, 0.05) is 0 Å². The molecule has 7 heteroatoms. The maximum absolute atomic E-state index is 12.5. The Morgan fingerprint density at radius 2 is 1.96 bits per heavy atom. The van der Waals surface area contributed by atoms with Gasteiger partial charge >= 0.3 is 5.97 Å². The highest BCUT2D eigenvalue weighted by Gasteiger charge is 2.14. The van der Waals surface area contributed by atoms with Gasteiger partial charge < -0.3 is 4.74 Å². The van der Waals surface area contributed by atoms with Gasteiger partial charge in [-0.3, -0.25) is 9.36 Å². The molecular weight excluding hydrogens is 332 g/mol. The highest BCUT2D eigenvalue weighted by molar-refractivity contribution is 5.89. The number of hydrogen-bond donors (Lipinski definition) is 0. The second kappa shape index (κ2) is 7.29. The fraction of sp³-hybridized carbons (Fsp3) is 0.105. The summed E-state index contributed by atoms with van der Waals surface area (Å²) in [5, 5.41) is 18.3. The summed E-state index contributed by atoms with van der Waals surface area (Å²) in [7, 11) is 0. The van der Waals surface area contributed by atoms with E-state index in [9.17, 15) is 9.59 Å². The number of nitrogens with zero attached hydrogens (tertiary/aromatic N) is 4. The van der Waals surface area contributed by atoms with Crippen LogP contribution >= 0.6 is 0 Å². The van der Waals surface area contributed by atoms with Gasteiger partial charge in [-0.15, -0.1) is 0 Å². The number of para-hydroxylation sites is 1. The van der Waals surface area contributed by atoms with E-state index in [1.807, 2.05) is 12.1 Å². The molecule has 0 spiro atoms. The van der Waals surface area contributed by atoms with Crippen LogP contribution in [0.1, 0.15) is 21.7 Å². The van der Waals surface area contributed by atoms with Crippen molar-refractivity contribution in [3.05, 3.63) is 75.8 Å². The first-order valence-electron chi connectivity index (χ1n) is 7.66. The van der Waals surface area contributed by atoms with Crippen molar-refractivity contribution in [2.75, 3.05) is 0 Å². The van der Waals surface area contributed by atoms with Crippen LogP contribution in [0.15, 0.2) is 53.3 Å². The molecule has 0 unspecified atom stereocenters. The summed E-state index contributed by atoms with van der Waals surface area (Å²) in [6.07, 6.45) is 0. The lowest BCUT2D eigenvalue weighted by Crippen LogP contribution is -2.26. The van der Waals surface area contributed by atoms with E-state index in [0.717, 1.165) is 0 Å². The van der Waals surface area contributed by atoms with Crippen LogP contribution in [0.5, 0.6) is 0 Å². The number of carbonyl (C=O) groups excluding carboxylic acids is 1. The summed E-state index contributed by atoms with van der Waals surface area (Å²) in [5.74, 6) is -0.465. The molecule has 3 aromatic rings. The smallest absolute Gasteiger partial charge is 0.338 e. The van der Waals surface area contributed by atoms with Crippen molar-refractivity contribution in [2.24, 2.45) is 0 Å². The van der Waals surface area contributed by atoms with Crippen LogP contribution in [0.3, 0.4) is 0 Å². The maximum atomic E-state index is 12.5. The summed E-state index contributed by atoms with van der Waals surface area (Å²) < 4.78 is 6.41. The Bertz CT molecular complexity index is 1140. The molecule has 0 aliphatic rings. The lowest BCUT2D eigenvalue weighted by molar-refractivity contribution is 0.0457. The molecule has 0 amide bonds. The van der Waals surface area contributed by atoms with E-state index in [1.54, 1.807) is 36.4 Å². The highest BCUT2D eigenvalue weighted by atomic mass is 16.5. The monoisotopic (exact) mass is 344 g/mol. The van der Waals surface area contributed by atoms with Gasteiger partial charge in [0.25, 0.3) is 5.56 Å². The minimum Gasteiger partial charge on any atom is -0.454 e. The molecule has 0 fully saturated rings. The van der Waals surface area contributed by atoms with E-state index in [2.05, 4.69) is 4.98 Å². The third-order valence-corrected chi connectivity index (χ3v) is 3.73. The van der Waals surface area contributed by atoms with Gasteiger partial charge in [0.1, 0.15) is 13.2 Å². The molecule has 0 N–H and O–H groups in total. The topological polar surface area (TPSA) is 109 Å². The Morgan fingerprint density at radius 3 is 2.73 bits per heavy atom. The van der Waals surface area contributed by atoms with Crippen molar-refractivity contribution in [1.29, 1.82) is 10.5 Å². The van der Waals surface area contributed by atoms with E-state index in [0.29, 0.717) is 16.5 Å². The molecule has 26 heavy (non-hydrogen) atoms. The number of aromatic nitrogens is 2. The fourth-order valence-electron chi connectivity index (χ4n) is 2.49. The molecule has 0 aliphatic carbocycles. The predicted molar refractivity (Wildman–Crippen MR) is 91.9 cm³/mol. The van der Waals surface area contributed by atoms with E-state index in [1.165, 1.54) is 16.7 Å². The summed E-state index contributed by atoms with van der Waals surface area (Å²) in [6, 6.07) is 16.7. The standard InChI is InChI=1S/C19H12N4O3/c20-8-9-23-17(22-16-7-2-1-6-15(16)18(23)24)12-26-19(25)14-5-3-4-13(10-14)11-21/h1-7,10H,9,12H2. The van der Waals surface area contributed by atoms with Gasteiger partial charge in [-0.05, 0) is 30.3 Å². The number of carbonyl (C=O) groups is 1. The van der Waals surface area contributed by atoms with Gasteiger partial charge in [0.05, 0.1) is 34.2 Å². The Balaban J connectivity index is 1.92. The number of hydrogen-bond acceptors (Lipinski definition) is 6. The quantitative estimate of drug-likeness (QED) is 0.671. The number of esters is 1. The lowest BCUT2D eigenvalue weighted by Gasteiger charge is -2.11. The van der Waals surface area contributed by atoms with Crippen molar-refractivity contribution < 1.29 is 9.53 Å². The molecule has 0 radical (unpaired) electrons. The largest absolute Gasteiger partial charge is 0.454 e. The zero-order chi connectivity index (χ0) is 18.5. The second-order valence-electron chi connectivity index (χ2n) is 5.36. The van der Waals surface area contributed by atoms with Crippen molar-refractivity contribution in [3.63, 3.8) is 0 Å². The predicted octanol–water partition coefficient (Wildman–Crippen LogP) is 2.15. The Labute approximate surface area is 148 Å². The number of ether oxygens (including phenoxy) is 1. The summed E-state index contributed by atoms with van der Waals surface area (Å²) in [4.78, 5) is 29.1. The van der Waals surface area contributed by atoms with Crippen LogP contribution in [-0.2, 0) is 17.9 Å². The molecule has 1 aromatic heterocycles. The van der Waals surface area contributed by atoms with Gasteiger partial charge in [-0.1, -0.05) is 18.2 Å². The molecule has 0 saturated heterocycles. The van der Waals surface area contributed by atoms with E-state index in [-0.39, 0.29) is 30.1 Å². The molecule has 0 atom stereocenters. The maximum Gasteiger partial charge on any atom is 0.338 e. The zero-order valence-electron chi connectivity index (χ0n) is 13.5. The Morgan fingerprint density at radius 1 is 1.15 bits per heavy atom. The van der Waals surface area contributed by atoms with Crippen molar-refractivity contribution in [3.8, 4) is 12.1 Å². The Hall–Kier alpha value is -3.97. The fourth-order valence-corrected chi connectivity index (χ4v) is 2.49. The minimum atomic E-state index is -0.645. The van der Waals surface area contributed by atoms with Crippen molar-refractivity contribution in [2.45, 2.75) is 13.2 Å². The molecular formula is C19H12N4O3. The molecule has 0 bridgehead atoms. The van der Waals surface area contributed by atoms with Gasteiger partial charge in [-0.25, -0.2) is 9.78 Å². The highest BCUT2D eigenvalue weighted by Crippen LogP contribution is 2.11. The van der Waals surface area contributed by atoms with E-state index >= 15 is 0 Å². The minimum absolute atomic E-state index is 0.181. The molecule has 126 valence electrons. The first kappa shape index (κ1) is 16.9. The number of nitriles is 2. The van der Waals surface area contributed by atoms with Crippen molar-refractivity contribution >= 4 is 16.9 Å². The van der Waals surface area contributed by atoms with Gasteiger partial charge in [-0.2, -0.15) is 10.5 Å². The average molecular weight is 344 g/mol. The van der Waals surface area contributed by atoms with Crippen molar-refractivity contribution in [1.82, 2.24) is 9.55 Å². The van der Waals surface area contributed by atoms with Crippen LogP contribution in [-0.4, -0.2) is 15.5 Å². The normalized spacial score (nSPS) is 10.1. The Kier molecular flexibility index (Phi) is 4.73. The first-order chi connectivity index (χ1) is 12.6. The second-order valence-corrected chi connectivity index (χ2v) is 5.36. The van der Waals surface area contributed by atoms with E-state index in [4.69, 9.17) is 15.3 Å². The van der Waals surface area contributed by atoms with Crippen LogP contribution in [0, 0.1) is 22.7 Å². The summed E-state index contributed by atoms with van der Waals surface area (Å²) >= 11 is 0. The summed E-state index contributed by atoms with van der Waals surface area (Å²) in [6.45, 7) is -0.467. The third-order valence-electron chi connectivity index (χ3n) is 3.73. The molecule has 1 heterocycles. The van der Waals surface area contributed by atoms with Crippen LogP contribution in [0.2, 0.25) is 0 Å². The zero-order valence-corrected chi connectivity index (χ0v) is 13.5. The number of benzene rings is 2. The molecule has 7 nitrogen and oxygen atoms in total. The lowest BCUT2D eigenvalue weighted by atomic mass is 10.1. The first-order valence-corrected chi connectivity index (χ1v) is 7.66. The SMILES string of the molecule is N#CCn1c(COC(=O)c2cccc(C#N)c2)nc2ccccc2c1=O. The average Bonchev–Trinajstić information content (AvgIpc) is 2.68. The number of fused-ring (bicyclic) bond motifs is 1. The molecule has 0 saturated carbocycles. The third kappa shape index (κ3) is 3.28. The van der Waals surface area contributed by atoms with Crippen LogP contribution < -0.4 is 5.56 Å². The van der Waals surface area contributed by atoms with Gasteiger partial charge in [0.2, 0.25) is 0 Å².